The molecule has 3 aromatic rings. The minimum Gasteiger partial charge on any atom is -0.497 e. The smallest absolute Gasteiger partial charge is 0.191 e. The standard InChI is InChI=1S/C23H28N4OS/c1-28-21-12-10-20(11-13-21)22-24-25-23(27(22)18-19-8-4-2-5-9-19)29-17-16-26-14-6-3-7-15-26/h2,4-5,8-13H,3,6-7,14-18H2,1H3. The summed E-state index contributed by atoms with van der Waals surface area (Å²) in [5.74, 6) is 2.78. The average Bonchev–Trinajstić information content (AvgIpc) is 3.17. The van der Waals surface area contributed by atoms with Gasteiger partial charge in [0.05, 0.1) is 13.7 Å². The first-order valence-corrected chi connectivity index (χ1v) is 11.3. The van der Waals surface area contributed by atoms with Gasteiger partial charge in [0, 0.05) is 17.9 Å². The Kier molecular flexibility index (Phi) is 6.85. The Bertz CT molecular complexity index is 889. The van der Waals surface area contributed by atoms with Gasteiger partial charge in [-0.1, -0.05) is 48.5 Å². The van der Waals surface area contributed by atoms with E-state index in [0.717, 1.165) is 41.1 Å². The summed E-state index contributed by atoms with van der Waals surface area (Å²) in [7, 11) is 1.68. The van der Waals surface area contributed by atoms with Crippen LogP contribution in [0.25, 0.3) is 11.4 Å². The zero-order chi connectivity index (χ0) is 19.9. The van der Waals surface area contributed by atoms with E-state index in [4.69, 9.17) is 4.74 Å². The molecule has 29 heavy (non-hydrogen) atoms. The first-order chi connectivity index (χ1) is 14.3. The highest BCUT2D eigenvalue weighted by atomic mass is 32.2. The number of piperidine rings is 1. The van der Waals surface area contributed by atoms with Crippen LogP contribution in [0.4, 0.5) is 0 Å². The third kappa shape index (κ3) is 5.19. The predicted octanol–water partition coefficient (Wildman–Crippen LogP) is 4.58. The van der Waals surface area contributed by atoms with E-state index < -0.39 is 0 Å². The Morgan fingerprint density at radius 3 is 2.41 bits per heavy atom. The van der Waals surface area contributed by atoms with Crippen molar-refractivity contribution >= 4 is 11.8 Å². The quantitative estimate of drug-likeness (QED) is 0.511. The van der Waals surface area contributed by atoms with Gasteiger partial charge in [0.2, 0.25) is 0 Å². The van der Waals surface area contributed by atoms with Crippen molar-refractivity contribution in [2.45, 2.75) is 31.0 Å². The Morgan fingerprint density at radius 2 is 1.69 bits per heavy atom. The third-order valence-corrected chi connectivity index (χ3v) is 6.28. The number of benzene rings is 2. The molecule has 4 rings (SSSR count). The van der Waals surface area contributed by atoms with E-state index in [1.54, 1.807) is 18.9 Å². The van der Waals surface area contributed by atoms with Gasteiger partial charge in [0.1, 0.15) is 5.75 Å². The van der Waals surface area contributed by atoms with E-state index in [1.165, 1.54) is 37.9 Å². The number of methoxy groups -OCH3 is 1. The highest BCUT2D eigenvalue weighted by molar-refractivity contribution is 7.99. The molecule has 5 nitrogen and oxygen atoms in total. The minimum absolute atomic E-state index is 0.765. The maximum atomic E-state index is 5.30. The van der Waals surface area contributed by atoms with Crippen LogP contribution in [0.15, 0.2) is 59.8 Å². The SMILES string of the molecule is COc1ccc(-c2nnc(SCCN3CCCCC3)n2Cc2ccccc2)cc1. The van der Waals surface area contributed by atoms with E-state index in [-0.39, 0.29) is 0 Å². The van der Waals surface area contributed by atoms with Crippen molar-refractivity contribution in [3.05, 3.63) is 60.2 Å². The molecule has 1 aromatic heterocycles. The van der Waals surface area contributed by atoms with Gasteiger partial charge < -0.3 is 9.64 Å². The summed E-state index contributed by atoms with van der Waals surface area (Å²) >= 11 is 1.81. The minimum atomic E-state index is 0.765. The molecule has 0 amide bonds. The van der Waals surface area contributed by atoms with Crippen LogP contribution in [-0.4, -0.2) is 52.2 Å². The number of hydrogen-bond donors (Lipinski definition) is 0. The van der Waals surface area contributed by atoms with Crippen molar-refractivity contribution in [2.75, 3.05) is 32.5 Å². The van der Waals surface area contributed by atoms with Crippen molar-refractivity contribution in [3.8, 4) is 17.1 Å². The van der Waals surface area contributed by atoms with Gasteiger partial charge in [-0.05, 0) is 55.8 Å². The fourth-order valence-corrected chi connectivity index (χ4v) is 4.64. The number of nitrogens with zero attached hydrogens (tertiary/aromatic N) is 4. The number of ether oxygens (including phenoxy) is 1. The van der Waals surface area contributed by atoms with Crippen molar-refractivity contribution < 1.29 is 4.74 Å². The summed E-state index contributed by atoms with van der Waals surface area (Å²) in [6.45, 7) is 4.34. The van der Waals surface area contributed by atoms with Crippen molar-refractivity contribution in [1.82, 2.24) is 19.7 Å². The maximum Gasteiger partial charge on any atom is 0.191 e. The van der Waals surface area contributed by atoms with Crippen molar-refractivity contribution in [2.24, 2.45) is 0 Å². The normalized spacial score (nSPS) is 14.8. The van der Waals surface area contributed by atoms with E-state index in [0.29, 0.717) is 0 Å². The molecular weight excluding hydrogens is 380 g/mol. The highest BCUT2D eigenvalue weighted by Gasteiger charge is 2.16. The van der Waals surface area contributed by atoms with Crippen LogP contribution < -0.4 is 4.74 Å². The predicted molar refractivity (Wildman–Crippen MR) is 119 cm³/mol. The molecule has 0 radical (unpaired) electrons. The van der Waals surface area contributed by atoms with Crippen LogP contribution in [0.1, 0.15) is 24.8 Å². The molecule has 1 fully saturated rings. The monoisotopic (exact) mass is 408 g/mol. The van der Waals surface area contributed by atoms with Crippen LogP contribution in [0.3, 0.4) is 0 Å². The van der Waals surface area contributed by atoms with Crippen LogP contribution in [-0.2, 0) is 6.54 Å². The molecular formula is C23H28N4OS. The van der Waals surface area contributed by atoms with Crippen LogP contribution in [0.5, 0.6) is 5.75 Å². The van der Waals surface area contributed by atoms with Gasteiger partial charge in [-0.3, -0.25) is 4.57 Å². The fourth-order valence-electron chi connectivity index (χ4n) is 3.71. The van der Waals surface area contributed by atoms with Gasteiger partial charge in [-0.25, -0.2) is 0 Å². The lowest BCUT2D eigenvalue weighted by Gasteiger charge is -2.25. The van der Waals surface area contributed by atoms with Crippen LogP contribution >= 0.6 is 11.8 Å². The Morgan fingerprint density at radius 1 is 0.931 bits per heavy atom. The van der Waals surface area contributed by atoms with Crippen LogP contribution in [0.2, 0.25) is 0 Å². The van der Waals surface area contributed by atoms with Gasteiger partial charge in [-0.2, -0.15) is 0 Å². The molecule has 0 saturated carbocycles. The molecule has 1 aliphatic heterocycles. The first kappa shape index (κ1) is 20.0. The van der Waals surface area contributed by atoms with E-state index in [2.05, 4.69) is 43.9 Å². The fraction of sp³-hybridized carbons (Fsp3) is 0.391. The molecule has 2 aromatic carbocycles. The second-order valence-electron chi connectivity index (χ2n) is 7.36. The zero-order valence-corrected chi connectivity index (χ0v) is 17.8. The molecule has 0 spiro atoms. The van der Waals surface area contributed by atoms with E-state index >= 15 is 0 Å². The lowest BCUT2D eigenvalue weighted by Crippen LogP contribution is -2.31. The Hall–Kier alpha value is -2.31. The summed E-state index contributed by atoms with van der Waals surface area (Å²) in [5.41, 5.74) is 2.30. The maximum absolute atomic E-state index is 5.30. The molecule has 1 aliphatic rings. The molecule has 0 N–H and O–H groups in total. The lowest BCUT2D eigenvalue weighted by molar-refractivity contribution is 0.242. The molecule has 6 heteroatoms. The second kappa shape index (κ2) is 9.94. The van der Waals surface area contributed by atoms with Crippen molar-refractivity contribution in [3.63, 3.8) is 0 Å². The van der Waals surface area contributed by atoms with E-state index in [9.17, 15) is 0 Å². The van der Waals surface area contributed by atoms with E-state index in [1.807, 2.05) is 30.3 Å². The number of thioether (sulfide) groups is 1. The summed E-state index contributed by atoms with van der Waals surface area (Å²) in [6.07, 6.45) is 4.03. The van der Waals surface area contributed by atoms with Crippen molar-refractivity contribution in [1.29, 1.82) is 0 Å². The summed E-state index contributed by atoms with van der Waals surface area (Å²) in [4.78, 5) is 2.57. The molecule has 0 atom stereocenters. The highest BCUT2D eigenvalue weighted by Crippen LogP contribution is 2.27. The van der Waals surface area contributed by atoms with Gasteiger partial charge in [0.15, 0.2) is 11.0 Å². The summed E-state index contributed by atoms with van der Waals surface area (Å²) in [6, 6.07) is 18.6. The van der Waals surface area contributed by atoms with Crippen LogP contribution in [0, 0.1) is 0 Å². The molecule has 1 saturated heterocycles. The Labute approximate surface area is 177 Å². The van der Waals surface area contributed by atoms with Gasteiger partial charge in [0.25, 0.3) is 0 Å². The number of rotatable bonds is 8. The number of likely N-dealkylation sites (tertiary alicyclic amines) is 1. The zero-order valence-electron chi connectivity index (χ0n) is 17.0. The first-order valence-electron chi connectivity index (χ1n) is 10.3. The molecule has 2 heterocycles. The number of aromatic nitrogens is 3. The Balaban J connectivity index is 1.53. The second-order valence-corrected chi connectivity index (χ2v) is 8.42. The molecule has 152 valence electrons. The summed E-state index contributed by atoms with van der Waals surface area (Å²) in [5, 5.41) is 10.1. The molecule has 0 unspecified atom stereocenters. The average molecular weight is 409 g/mol. The summed E-state index contributed by atoms with van der Waals surface area (Å²) < 4.78 is 7.53. The topological polar surface area (TPSA) is 43.2 Å². The third-order valence-electron chi connectivity index (χ3n) is 5.34. The van der Waals surface area contributed by atoms with Gasteiger partial charge >= 0.3 is 0 Å². The molecule has 0 bridgehead atoms. The molecule has 0 aliphatic carbocycles. The number of hydrogen-bond acceptors (Lipinski definition) is 5. The lowest BCUT2D eigenvalue weighted by atomic mass is 10.1. The van der Waals surface area contributed by atoms with Gasteiger partial charge in [-0.15, -0.1) is 10.2 Å². The largest absolute Gasteiger partial charge is 0.497 e.